The van der Waals surface area contributed by atoms with Crippen LogP contribution in [0.5, 0.6) is 0 Å². The number of benzene rings is 1. The summed E-state index contributed by atoms with van der Waals surface area (Å²) >= 11 is 0. The first-order valence-corrected chi connectivity index (χ1v) is 7.54. The number of amides is 1. The van der Waals surface area contributed by atoms with Crippen LogP contribution in [0.3, 0.4) is 0 Å². The Hall–Kier alpha value is -1.56. The molecule has 0 aliphatic heterocycles. The summed E-state index contributed by atoms with van der Waals surface area (Å²) < 4.78 is 5.70. The van der Waals surface area contributed by atoms with E-state index in [9.17, 15) is 4.79 Å². The minimum absolute atomic E-state index is 0. The third-order valence-electron chi connectivity index (χ3n) is 3.55. The Kier molecular flexibility index (Phi) is 10.4. The van der Waals surface area contributed by atoms with E-state index in [0.29, 0.717) is 25.3 Å². The standard InChI is InChI=1S/C17H23N3O2.2ClH/c1-12-4-6-14(7-5-12)15-11-20-17(22-15)9-8-16(21)19-10-13(2)18-3;;/h4-7,11,13,18H,8-10H2,1-3H3,(H,19,21);2*1H. The lowest BCUT2D eigenvalue weighted by Gasteiger charge is -2.10. The lowest BCUT2D eigenvalue weighted by atomic mass is 10.1. The molecular weight excluding hydrogens is 349 g/mol. The second-order valence-corrected chi connectivity index (χ2v) is 5.48. The minimum atomic E-state index is 0. The van der Waals surface area contributed by atoms with Crippen molar-refractivity contribution in [1.82, 2.24) is 15.6 Å². The van der Waals surface area contributed by atoms with E-state index in [4.69, 9.17) is 4.42 Å². The summed E-state index contributed by atoms with van der Waals surface area (Å²) in [4.78, 5) is 16.0. The van der Waals surface area contributed by atoms with Gasteiger partial charge < -0.3 is 15.1 Å². The maximum atomic E-state index is 11.7. The second-order valence-electron chi connectivity index (χ2n) is 5.48. The monoisotopic (exact) mass is 373 g/mol. The average Bonchev–Trinajstić information content (AvgIpc) is 3.00. The highest BCUT2D eigenvalue weighted by Crippen LogP contribution is 2.21. The lowest BCUT2D eigenvalue weighted by molar-refractivity contribution is -0.121. The van der Waals surface area contributed by atoms with Crippen molar-refractivity contribution in [2.75, 3.05) is 13.6 Å². The number of hydrogen-bond acceptors (Lipinski definition) is 4. The normalized spacial score (nSPS) is 11.1. The molecule has 1 unspecified atom stereocenters. The minimum Gasteiger partial charge on any atom is -0.441 e. The van der Waals surface area contributed by atoms with E-state index in [1.165, 1.54) is 5.56 Å². The fraction of sp³-hybridized carbons (Fsp3) is 0.412. The number of rotatable bonds is 7. The molecule has 24 heavy (non-hydrogen) atoms. The number of carbonyl (C=O) groups excluding carboxylic acids is 1. The first kappa shape index (κ1) is 22.4. The van der Waals surface area contributed by atoms with Crippen molar-refractivity contribution < 1.29 is 9.21 Å². The van der Waals surface area contributed by atoms with E-state index in [2.05, 4.69) is 15.6 Å². The van der Waals surface area contributed by atoms with Crippen LogP contribution in [0.2, 0.25) is 0 Å². The molecule has 0 aliphatic carbocycles. The van der Waals surface area contributed by atoms with Crippen molar-refractivity contribution in [2.24, 2.45) is 0 Å². The third kappa shape index (κ3) is 6.91. The molecule has 0 aliphatic rings. The van der Waals surface area contributed by atoms with E-state index >= 15 is 0 Å². The van der Waals surface area contributed by atoms with Gasteiger partial charge in [-0.3, -0.25) is 4.79 Å². The number of carbonyl (C=O) groups is 1. The summed E-state index contributed by atoms with van der Waals surface area (Å²) in [6.45, 7) is 4.68. The Labute approximate surface area is 155 Å². The van der Waals surface area contributed by atoms with Crippen LogP contribution < -0.4 is 10.6 Å². The van der Waals surface area contributed by atoms with Crippen LogP contribution in [-0.2, 0) is 11.2 Å². The predicted octanol–water partition coefficient (Wildman–Crippen LogP) is 3.15. The number of aryl methyl sites for hydroxylation is 2. The number of likely N-dealkylation sites (N-methyl/N-ethyl adjacent to an activating group) is 1. The maximum Gasteiger partial charge on any atom is 0.220 e. The molecule has 2 aromatic rings. The highest BCUT2D eigenvalue weighted by Gasteiger charge is 2.09. The first-order valence-electron chi connectivity index (χ1n) is 7.54. The fourth-order valence-corrected chi connectivity index (χ4v) is 1.95. The average molecular weight is 374 g/mol. The zero-order valence-corrected chi connectivity index (χ0v) is 15.8. The topological polar surface area (TPSA) is 67.2 Å². The molecule has 1 amide bonds. The summed E-state index contributed by atoms with van der Waals surface area (Å²) in [7, 11) is 1.87. The van der Waals surface area contributed by atoms with Gasteiger partial charge in [-0.05, 0) is 20.9 Å². The fourth-order valence-electron chi connectivity index (χ4n) is 1.95. The predicted molar refractivity (Wildman–Crippen MR) is 101 cm³/mol. The summed E-state index contributed by atoms with van der Waals surface area (Å²) in [5, 5.41) is 5.95. The molecule has 0 saturated carbocycles. The molecule has 0 radical (unpaired) electrons. The van der Waals surface area contributed by atoms with Gasteiger partial charge in [0.2, 0.25) is 5.91 Å². The summed E-state index contributed by atoms with van der Waals surface area (Å²) in [5.41, 5.74) is 2.20. The molecule has 1 aromatic carbocycles. The Morgan fingerprint density at radius 3 is 2.54 bits per heavy atom. The quantitative estimate of drug-likeness (QED) is 0.781. The summed E-state index contributed by atoms with van der Waals surface area (Å²) in [6, 6.07) is 8.34. The van der Waals surface area contributed by atoms with Crippen molar-refractivity contribution in [3.8, 4) is 11.3 Å². The van der Waals surface area contributed by atoms with Crippen LogP contribution in [0.15, 0.2) is 34.9 Å². The Morgan fingerprint density at radius 1 is 1.25 bits per heavy atom. The third-order valence-corrected chi connectivity index (χ3v) is 3.55. The largest absolute Gasteiger partial charge is 0.441 e. The Bertz CT molecular complexity index is 615. The molecule has 0 fully saturated rings. The molecule has 7 heteroatoms. The summed E-state index contributed by atoms with van der Waals surface area (Å²) in [5.74, 6) is 1.34. The van der Waals surface area contributed by atoms with Gasteiger partial charge in [-0.1, -0.05) is 29.8 Å². The Balaban J connectivity index is 0.00000264. The van der Waals surface area contributed by atoms with Gasteiger partial charge in [0.1, 0.15) is 0 Å². The van der Waals surface area contributed by atoms with Crippen molar-refractivity contribution in [3.63, 3.8) is 0 Å². The van der Waals surface area contributed by atoms with Crippen LogP contribution in [0, 0.1) is 6.92 Å². The molecule has 0 spiro atoms. The zero-order valence-electron chi connectivity index (χ0n) is 14.2. The van der Waals surface area contributed by atoms with E-state index in [-0.39, 0.29) is 36.8 Å². The zero-order chi connectivity index (χ0) is 15.9. The number of halogens is 2. The smallest absolute Gasteiger partial charge is 0.220 e. The van der Waals surface area contributed by atoms with Crippen LogP contribution in [0.25, 0.3) is 11.3 Å². The van der Waals surface area contributed by atoms with Gasteiger partial charge in [0.15, 0.2) is 11.7 Å². The van der Waals surface area contributed by atoms with Gasteiger partial charge in [0.25, 0.3) is 0 Å². The summed E-state index contributed by atoms with van der Waals surface area (Å²) in [6.07, 6.45) is 2.59. The van der Waals surface area contributed by atoms with Gasteiger partial charge >= 0.3 is 0 Å². The molecule has 0 bridgehead atoms. The number of nitrogens with one attached hydrogen (secondary N) is 2. The molecule has 1 atom stereocenters. The van der Waals surface area contributed by atoms with E-state index < -0.39 is 0 Å². The lowest BCUT2D eigenvalue weighted by Crippen LogP contribution is -2.37. The van der Waals surface area contributed by atoms with Crippen molar-refractivity contribution in [3.05, 3.63) is 41.9 Å². The number of oxazole rings is 1. The molecule has 2 N–H and O–H groups in total. The molecule has 1 aromatic heterocycles. The number of hydrogen-bond donors (Lipinski definition) is 2. The van der Waals surface area contributed by atoms with E-state index in [1.807, 2.05) is 45.2 Å². The van der Waals surface area contributed by atoms with Gasteiger partial charge in [0.05, 0.1) is 6.20 Å². The van der Waals surface area contributed by atoms with Crippen LogP contribution >= 0.6 is 24.8 Å². The first-order chi connectivity index (χ1) is 10.6. The van der Waals surface area contributed by atoms with Crippen molar-refractivity contribution in [2.45, 2.75) is 32.7 Å². The highest BCUT2D eigenvalue weighted by atomic mass is 35.5. The van der Waals surface area contributed by atoms with Crippen molar-refractivity contribution in [1.29, 1.82) is 0 Å². The second kappa shape index (κ2) is 11.1. The van der Waals surface area contributed by atoms with Crippen LogP contribution in [-0.4, -0.2) is 30.5 Å². The molecule has 5 nitrogen and oxygen atoms in total. The van der Waals surface area contributed by atoms with Gasteiger partial charge in [-0.25, -0.2) is 4.98 Å². The van der Waals surface area contributed by atoms with Crippen LogP contribution in [0.4, 0.5) is 0 Å². The highest BCUT2D eigenvalue weighted by molar-refractivity contribution is 5.85. The number of nitrogens with zero attached hydrogens (tertiary/aromatic N) is 1. The molecule has 1 heterocycles. The van der Waals surface area contributed by atoms with Gasteiger partial charge in [-0.15, -0.1) is 24.8 Å². The Morgan fingerprint density at radius 2 is 1.92 bits per heavy atom. The van der Waals surface area contributed by atoms with E-state index in [1.54, 1.807) is 6.20 Å². The molecule has 134 valence electrons. The SMILES string of the molecule is CNC(C)CNC(=O)CCc1ncc(-c2ccc(C)cc2)o1.Cl.Cl. The molecule has 2 rings (SSSR count). The van der Waals surface area contributed by atoms with Crippen molar-refractivity contribution >= 4 is 30.7 Å². The van der Waals surface area contributed by atoms with Gasteiger partial charge in [-0.2, -0.15) is 0 Å². The number of aromatic nitrogens is 1. The molecule has 0 saturated heterocycles. The maximum absolute atomic E-state index is 11.7. The molecular formula is C17H25Cl2N3O2. The van der Waals surface area contributed by atoms with Gasteiger partial charge in [0, 0.05) is 31.0 Å². The van der Waals surface area contributed by atoms with E-state index in [0.717, 1.165) is 11.3 Å². The van der Waals surface area contributed by atoms with Crippen LogP contribution in [0.1, 0.15) is 24.8 Å².